The van der Waals surface area contributed by atoms with Crippen molar-refractivity contribution in [2.45, 2.75) is 65.5 Å². The van der Waals surface area contributed by atoms with E-state index in [1.54, 1.807) is 33.2 Å². The van der Waals surface area contributed by atoms with E-state index in [-0.39, 0.29) is 17.5 Å². The van der Waals surface area contributed by atoms with E-state index in [4.69, 9.17) is 9.47 Å². The van der Waals surface area contributed by atoms with Gasteiger partial charge in [-0.15, -0.1) is 22.7 Å². The number of carbonyl (C=O) groups excluding carboxylic acids is 2. The second-order valence-electron chi connectivity index (χ2n) is 13.5. The van der Waals surface area contributed by atoms with E-state index in [2.05, 4.69) is 66.8 Å². The molecule has 0 bridgehead atoms. The Kier molecular flexibility index (Phi) is 14.0. The van der Waals surface area contributed by atoms with Crippen LogP contribution in [0.1, 0.15) is 51.7 Å². The zero-order valence-corrected chi connectivity index (χ0v) is 30.6. The van der Waals surface area contributed by atoms with Crippen LogP contribution < -0.4 is 9.80 Å². The third-order valence-electron chi connectivity index (χ3n) is 8.25. The molecule has 2 heterocycles. The van der Waals surface area contributed by atoms with Crippen molar-refractivity contribution >= 4 is 44.9 Å². The van der Waals surface area contributed by atoms with Gasteiger partial charge in [-0.2, -0.15) is 0 Å². The lowest BCUT2D eigenvalue weighted by Gasteiger charge is -2.38. The van der Waals surface area contributed by atoms with E-state index < -0.39 is 12.2 Å². The van der Waals surface area contributed by atoms with Gasteiger partial charge in [-0.1, -0.05) is 88.4 Å². The highest BCUT2D eigenvalue weighted by Gasteiger charge is 2.34. The molecule has 3 atom stereocenters. The normalized spacial score (nSPS) is 13.5. The van der Waals surface area contributed by atoms with E-state index in [0.717, 1.165) is 40.5 Å². The zero-order valence-electron chi connectivity index (χ0n) is 29.0. The summed E-state index contributed by atoms with van der Waals surface area (Å²) < 4.78 is 10.7. The minimum Gasteiger partial charge on any atom is -0.452 e. The number of anilines is 2. The molecule has 11 heteroatoms. The van der Waals surface area contributed by atoms with Crippen LogP contribution in [0.3, 0.4) is 0 Å². The summed E-state index contributed by atoms with van der Waals surface area (Å²) in [4.78, 5) is 41.5. The van der Waals surface area contributed by atoms with Crippen LogP contribution >= 0.6 is 22.7 Å². The van der Waals surface area contributed by atoms with Gasteiger partial charge in [0.15, 0.2) is 0 Å². The molecule has 0 aliphatic rings. The van der Waals surface area contributed by atoms with Crippen molar-refractivity contribution in [3.05, 3.63) is 95.2 Å². The third-order valence-corrected chi connectivity index (χ3v) is 9.79. The maximum Gasteiger partial charge on any atom is 0.415 e. The Morgan fingerprint density at radius 3 is 1.54 bits per heavy atom. The molecule has 0 spiro atoms. The van der Waals surface area contributed by atoms with Crippen LogP contribution in [0, 0.1) is 11.3 Å². The van der Waals surface area contributed by atoms with E-state index >= 15 is 0 Å². The van der Waals surface area contributed by atoms with Gasteiger partial charge in [0.05, 0.1) is 49.7 Å². The van der Waals surface area contributed by atoms with Crippen LogP contribution in [-0.2, 0) is 22.3 Å². The molecule has 0 saturated heterocycles. The molecule has 2 amide bonds. The predicted octanol–water partition coefficient (Wildman–Crippen LogP) is 8.43. The molecule has 9 nitrogen and oxygen atoms in total. The molecule has 0 radical (unpaired) electrons. The number of methoxy groups -OCH3 is 2. The van der Waals surface area contributed by atoms with Gasteiger partial charge in [0.1, 0.15) is 10.0 Å². The Bertz CT molecular complexity index is 1400. The van der Waals surface area contributed by atoms with Crippen LogP contribution in [-0.4, -0.2) is 73.0 Å². The molecule has 0 aliphatic carbocycles. The lowest BCUT2D eigenvalue weighted by atomic mass is 9.84. The summed E-state index contributed by atoms with van der Waals surface area (Å²) in [7, 11) is 2.84. The van der Waals surface area contributed by atoms with Gasteiger partial charge < -0.3 is 9.47 Å². The standard InChI is InChI=1S/C37H49N5O4S2/c1-28(21-37(2,3)4)17-18-40(24-31(19-29-13-9-7-10-14-29)41(35(43)45-5)33-22-38-26-47-33)25-32(20-30-15-11-8-12-16-30)42(36(44)46-6)34-23-39-27-48-34/h7-16,22-23,26-28,31-32H,17-21,24-25H2,1-6H3/t28?,31-,32-/m0/s1. The minimum absolute atomic E-state index is 0.206. The molecule has 48 heavy (non-hydrogen) atoms. The number of aromatic nitrogens is 2. The summed E-state index contributed by atoms with van der Waals surface area (Å²) in [5.41, 5.74) is 5.90. The van der Waals surface area contributed by atoms with Crippen molar-refractivity contribution in [1.82, 2.24) is 14.9 Å². The van der Waals surface area contributed by atoms with Gasteiger partial charge in [0, 0.05) is 13.1 Å². The number of rotatable bonds is 16. The summed E-state index contributed by atoms with van der Waals surface area (Å²) in [6, 6.07) is 19.9. The van der Waals surface area contributed by atoms with Gasteiger partial charge in [-0.25, -0.2) is 9.59 Å². The van der Waals surface area contributed by atoms with Crippen molar-refractivity contribution in [2.24, 2.45) is 11.3 Å². The fourth-order valence-corrected chi connectivity index (χ4v) is 7.72. The Balaban J connectivity index is 1.75. The van der Waals surface area contributed by atoms with E-state index in [1.807, 2.05) is 36.4 Å². The van der Waals surface area contributed by atoms with E-state index in [1.165, 1.54) is 36.9 Å². The van der Waals surface area contributed by atoms with Gasteiger partial charge in [-0.05, 0) is 54.7 Å². The first-order valence-corrected chi connectivity index (χ1v) is 18.2. The van der Waals surface area contributed by atoms with Gasteiger partial charge in [0.2, 0.25) is 0 Å². The molecule has 258 valence electrons. The Morgan fingerprint density at radius 1 is 0.750 bits per heavy atom. The maximum atomic E-state index is 13.5. The summed E-state index contributed by atoms with van der Waals surface area (Å²) >= 11 is 2.82. The van der Waals surface area contributed by atoms with Crippen LogP contribution in [0.4, 0.5) is 19.6 Å². The van der Waals surface area contributed by atoms with Crippen molar-refractivity contribution in [3.8, 4) is 0 Å². The highest BCUT2D eigenvalue weighted by atomic mass is 32.1. The third kappa shape index (κ3) is 11.1. The van der Waals surface area contributed by atoms with Crippen LogP contribution in [0.5, 0.6) is 0 Å². The largest absolute Gasteiger partial charge is 0.452 e. The smallest absolute Gasteiger partial charge is 0.415 e. The second kappa shape index (κ2) is 18.1. The lowest BCUT2D eigenvalue weighted by molar-refractivity contribution is 0.162. The molecule has 4 aromatic rings. The van der Waals surface area contributed by atoms with Crippen molar-refractivity contribution in [3.63, 3.8) is 0 Å². The average molecular weight is 692 g/mol. The minimum atomic E-state index is -0.428. The topological polar surface area (TPSA) is 88.1 Å². The highest BCUT2D eigenvalue weighted by Crippen LogP contribution is 2.30. The summed E-state index contributed by atoms with van der Waals surface area (Å²) in [5.74, 6) is 0.476. The van der Waals surface area contributed by atoms with Crippen LogP contribution in [0.15, 0.2) is 84.1 Å². The summed E-state index contributed by atoms with van der Waals surface area (Å²) in [6.45, 7) is 11.0. The molecule has 2 aromatic heterocycles. The molecule has 0 saturated carbocycles. The molecule has 2 aromatic carbocycles. The van der Waals surface area contributed by atoms with Gasteiger partial charge in [-0.3, -0.25) is 24.7 Å². The lowest BCUT2D eigenvalue weighted by Crippen LogP contribution is -2.53. The molecule has 0 N–H and O–H groups in total. The predicted molar refractivity (Wildman–Crippen MR) is 196 cm³/mol. The van der Waals surface area contributed by atoms with Gasteiger partial charge >= 0.3 is 12.2 Å². The van der Waals surface area contributed by atoms with Gasteiger partial charge in [0.25, 0.3) is 0 Å². The number of nitrogens with zero attached hydrogens (tertiary/aromatic N) is 5. The highest BCUT2D eigenvalue weighted by molar-refractivity contribution is 7.14. The van der Waals surface area contributed by atoms with E-state index in [0.29, 0.717) is 31.8 Å². The first-order chi connectivity index (χ1) is 23.1. The maximum absolute atomic E-state index is 13.5. The molecule has 1 unspecified atom stereocenters. The first kappa shape index (κ1) is 37.0. The summed E-state index contributed by atoms with van der Waals surface area (Å²) in [6.07, 6.45) is 5.86. The molecule has 0 aliphatic heterocycles. The van der Waals surface area contributed by atoms with Crippen LogP contribution in [0.25, 0.3) is 0 Å². The Hall–Kier alpha value is -3.80. The average Bonchev–Trinajstić information content (AvgIpc) is 3.79. The van der Waals surface area contributed by atoms with Crippen LogP contribution in [0.2, 0.25) is 0 Å². The Labute approximate surface area is 293 Å². The number of benzene rings is 2. The Morgan fingerprint density at radius 2 is 1.19 bits per heavy atom. The number of hydrogen-bond donors (Lipinski definition) is 0. The quantitative estimate of drug-likeness (QED) is 0.117. The SMILES string of the molecule is COC(=O)N(c1cncs1)[C@@H](Cc1ccccc1)CN(CCC(C)CC(C)(C)C)C[C@H](Cc1ccccc1)N(C(=O)OC)c1cncs1. The number of carbonyl (C=O) groups is 2. The summed E-state index contributed by atoms with van der Waals surface area (Å²) in [5, 5.41) is 1.45. The molecule has 0 fully saturated rings. The number of amides is 2. The van der Waals surface area contributed by atoms with Crippen molar-refractivity contribution in [1.29, 1.82) is 0 Å². The number of hydrogen-bond acceptors (Lipinski definition) is 9. The molecule has 4 rings (SSSR count). The molecular weight excluding hydrogens is 643 g/mol. The van der Waals surface area contributed by atoms with E-state index in [9.17, 15) is 9.59 Å². The number of ether oxygens (including phenoxy) is 2. The molecular formula is C37H49N5O4S2. The first-order valence-electron chi connectivity index (χ1n) is 16.4. The monoisotopic (exact) mass is 691 g/mol. The van der Waals surface area contributed by atoms with Crippen molar-refractivity contribution in [2.75, 3.05) is 43.7 Å². The number of thiazole rings is 2. The fraction of sp³-hybridized carbons (Fsp3) is 0.459. The van der Waals surface area contributed by atoms with Crippen molar-refractivity contribution < 1.29 is 19.1 Å². The fourth-order valence-electron chi connectivity index (χ4n) is 6.34. The second-order valence-corrected chi connectivity index (χ2v) is 15.2. The zero-order chi connectivity index (χ0) is 34.5.